The predicted molar refractivity (Wildman–Crippen MR) is 90.4 cm³/mol. The van der Waals surface area contributed by atoms with E-state index in [1.54, 1.807) is 12.4 Å². The van der Waals surface area contributed by atoms with Gasteiger partial charge in [0.1, 0.15) is 5.65 Å². The third-order valence-electron chi connectivity index (χ3n) is 4.66. The van der Waals surface area contributed by atoms with Crippen LogP contribution in [-0.4, -0.2) is 47.1 Å². The van der Waals surface area contributed by atoms with Crippen LogP contribution in [0.15, 0.2) is 24.5 Å². The van der Waals surface area contributed by atoms with Gasteiger partial charge in [0.05, 0.1) is 12.2 Å². The van der Waals surface area contributed by atoms with Crippen molar-refractivity contribution in [2.24, 2.45) is 5.92 Å². The predicted octanol–water partition coefficient (Wildman–Crippen LogP) is 3.23. The molecule has 0 amide bonds. The maximum atomic E-state index is 12.3. The van der Waals surface area contributed by atoms with Crippen LogP contribution in [0.2, 0.25) is 0 Å². The van der Waals surface area contributed by atoms with E-state index < -0.39 is 0 Å². The summed E-state index contributed by atoms with van der Waals surface area (Å²) in [7, 11) is 0. The van der Waals surface area contributed by atoms with Crippen LogP contribution in [0, 0.1) is 5.92 Å². The molecule has 23 heavy (non-hydrogen) atoms. The summed E-state index contributed by atoms with van der Waals surface area (Å²) >= 11 is 0. The van der Waals surface area contributed by atoms with Gasteiger partial charge in [-0.2, -0.15) is 0 Å². The summed E-state index contributed by atoms with van der Waals surface area (Å²) < 4.78 is 5.55. The summed E-state index contributed by atoms with van der Waals surface area (Å²) in [6.07, 6.45) is 8.15. The van der Waals surface area contributed by atoms with Crippen molar-refractivity contribution in [3.8, 4) is 0 Å². The van der Waals surface area contributed by atoms with Crippen molar-refractivity contribution >= 4 is 17.0 Å². The number of aromatic amines is 1. The van der Waals surface area contributed by atoms with E-state index in [4.69, 9.17) is 4.74 Å². The topological polar surface area (TPSA) is 58.2 Å². The highest BCUT2D eigenvalue weighted by atomic mass is 16.5. The molecule has 0 atom stereocenters. The van der Waals surface area contributed by atoms with Crippen LogP contribution in [-0.2, 0) is 4.74 Å². The molecule has 2 aromatic heterocycles. The minimum atomic E-state index is -0.252. The van der Waals surface area contributed by atoms with Crippen molar-refractivity contribution < 1.29 is 9.53 Å². The zero-order valence-electron chi connectivity index (χ0n) is 13.8. The number of nitrogens with one attached hydrogen (secondary N) is 1. The van der Waals surface area contributed by atoms with Gasteiger partial charge in [-0.1, -0.05) is 13.3 Å². The molecular weight excluding hydrogens is 290 g/mol. The van der Waals surface area contributed by atoms with Gasteiger partial charge < -0.3 is 14.6 Å². The number of aromatic nitrogens is 2. The number of pyridine rings is 1. The van der Waals surface area contributed by atoms with Crippen LogP contribution in [0.25, 0.3) is 11.0 Å². The number of unbranched alkanes of at least 4 members (excludes halogenated alkanes) is 1. The minimum absolute atomic E-state index is 0.252. The van der Waals surface area contributed by atoms with Gasteiger partial charge in [-0.15, -0.1) is 0 Å². The summed E-state index contributed by atoms with van der Waals surface area (Å²) in [5.41, 5.74) is 1.30. The lowest BCUT2D eigenvalue weighted by Crippen LogP contribution is -2.35. The Kier molecular flexibility index (Phi) is 5.28. The number of nitrogens with zero attached hydrogens (tertiary/aromatic N) is 2. The molecule has 0 spiro atoms. The molecule has 1 N–H and O–H groups in total. The number of piperidine rings is 1. The van der Waals surface area contributed by atoms with Gasteiger partial charge in [0, 0.05) is 17.8 Å². The number of fused-ring (bicyclic) bond motifs is 1. The van der Waals surface area contributed by atoms with Gasteiger partial charge in [-0.25, -0.2) is 9.78 Å². The molecule has 0 unspecified atom stereocenters. The van der Waals surface area contributed by atoms with E-state index in [2.05, 4.69) is 21.8 Å². The van der Waals surface area contributed by atoms with E-state index in [1.807, 2.05) is 12.1 Å². The Balaban J connectivity index is 1.48. The van der Waals surface area contributed by atoms with Crippen LogP contribution in [0.4, 0.5) is 0 Å². The van der Waals surface area contributed by atoms with Gasteiger partial charge >= 0.3 is 5.97 Å². The number of likely N-dealkylation sites (tertiary alicyclic amines) is 1. The van der Waals surface area contributed by atoms with Crippen molar-refractivity contribution in [2.75, 3.05) is 26.2 Å². The molecule has 0 radical (unpaired) electrons. The third kappa shape index (κ3) is 3.91. The quantitative estimate of drug-likeness (QED) is 0.832. The second-order valence-electron chi connectivity index (χ2n) is 6.34. The number of ether oxygens (including phenoxy) is 1. The van der Waals surface area contributed by atoms with Crippen LogP contribution in [0.1, 0.15) is 43.0 Å². The van der Waals surface area contributed by atoms with Gasteiger partial charge in [0.2, 0.25) is 0 Å². The summed E-state index contributed by atoms with van der Waals surface area (Å²) in [6.45, 7) is 6.20. The van der Waals surface area contributed by atoms with E-state index >= 15 is 0 Å². The highest BCUT2D eigenvalue weighted by molar-refractivity contribution is 6.02. The molecule has 2 aromatic rings. The van der Waals surface area contributed by atoms with E-state index in [0.717, 1.165) is 37.0 Å². The number of H-pyrrole nitrogens is 1. The highest BCUT2D eigenvalue weighted by Crippen LogP contribution is 2.20. The molecule has 0 aliphatic carbocycles. The standard InChI is InChI=1S/C18H25N3O2/c1-2-3-9-21-10-6-14(7-11-21)13-23-18(22)16-12-20-17-15(16)5-4-8-19-17/h4-5,8,12,14H,2-3,6-7,9-11,13H2,1H3,(H,19,20). The minimum Gasteiger partial charge on any atom is -0.462 e. The molecule has 5 nitrogen and oxygen atoms in total. The van der Waals surface area contributed by atoms with Crippen molar-refractivity contribution in [3.05, 3.63) is 30.1 Å². The number of carbonyl (C=O) groups excluding carboxylic acids is 1. The van der Waals surface area contributed by atoms with E-state index in [0.29, 0.717) is 18.1 Å². The number of hydrogen-bond donors (Lipinski definition) is 1. The fraction of sp³-hybridized carbons (Fsp3) is 0.556. The maximum Gasteiger partial charge on any atom is 0.340 e. The zero-order chi connectivity index (χ0) is 16.1. The Morgan fingerprint density at radius 3 is 3.04 bits per heavy atom. The Morgan fingerprint density at radius 2 is 2.26 bits per heavy atom. The Morgan fingerprint density at radius 1 is 1.43 bits per heavy atom. The summed E-state index contributed by atoms with van der Waals surface area (Å²) in [6, 6.07) is 3.72. The first-order valence-corrected chi connectivity index (χ1v) is 8.59. The summed E-state index contributed by atoms with van der Waals surface area (Å²) in [5.74, 6) is 0.234. The van der Waals surface area contributed by atoms with Crippen LogP contribution in [0.5, 0.6) is 0 Å². The molecule has 3 heterocycles. The number of rotatable bonds is 6. The van der Waals surface area contributed by atoms with Gasteiger partial charge in [-0.3, -0.25) is 0 Å². The molecule has 124 valence electrons. The smallest absolute Gasteiger partial charge is 0.340 e. The number of esters is 1. The molecule has 1 aliphatic heterocycles. The zero-order valence-corrected chi connectivity index (χ0v) is 13.8. The molecule has 1 aliphatic rings. The van der Waals surface area contributed by atoms with Gasteiger partial charge in [0.15, 0.2) is 0 Å². The fourth-order valence-electron chi connectivity index (χ4n) is 3.15. The molecule has 1 saturated heterocycles. The molecule has 0 bridgehead atoms. The van der Waals surface area contributed by atoms with Crippen molar-refractivity contribution in [2.45, 2.75) is 32.6 Å². The first-order chi connectivity index (χ1) is 11.3. The van der Waals surface area contributed by atoms with Crippen LogP contribution in [0.3, 0.4) is 0 Å². The van der Waals surface area contributed by atoms with E-state index in [-0.39, 0.29) is 5.97 Å². The summed E-state index contributed by atoms with van der Waals surface area (Å²) in [4.78, 5) is 22.0. The van der Waals surface area contributed by atoms with Gasteiger partial charge in [0.25, 0.3) is 0 Å². The highest BCUT2D eigenvalue weighted by Gasteiger charge is 2.21. The second kappa shape index (κ2) is 7.59. The molecule has 5 heteroatoms. The molecule has 0 aromatic carbocycles. The lowest BCUT2D eigenvalue weighted by atomic mass is 9.97. The average Bonchev–Trinajstić information content (AvgIpc) is 3.03. The van der Waals surface area contributed by atoms with E-state index in [1.165, 1.54) is 19.4 Å². The van der Waals surface area contributed by atoms with Crippen molar-refractivity contribution in [1.29, 1.82) is 0 Å². The van der Waals surface area contributed by atoms with Crippen LogP contribution >= 0.6 is 0 Å². The number of hydrogen-bond acceptors (Lipinski definition) is 4. The first kappa shape index (κ1) is 16.0. The van der Waals surface area contributed by atoms with Crippen molar-refractivity contribution in [3.63, 3.8) is 0 Å². The van der Waals surface area contributed by atoms with Crippen molar-refractivity contribution in [1.82, 2.24) is 14.9 Å². The molecule has 0 saturated carbocycles. The average molecular weight is 315 g/mol. The van der Waals surface area contributed by atoms with Gasteiger partial charge in [-0.05, 0) is 56.9 Å². The SMILES string of the molecule is CCCCN1CCC(COC(=O)c2c[nH]c3ncccc23)CC1. The third-order valence-corrected chi connectivity index (χ3v) is 4.66. The monoisotopic (exact) mass is 315 g/mol. The maximum absolute atomic E-state index is 12.3. The normalized spacial score (nSPS) is 16.7. The fourth-order valence-corrected chi connectivity index (χ4v) is 3.15. The molecular formula is C18H25N3O2. The summed E-state index contributed by atoms with van der Waals surface area (Å²) in [5, 5.41) is 0.826. The first-order valence-electron chi connectivity index (χ1n) is 8.59. The Bertz CT molecular complexity index is 645. The second-order valence-corrected chi connectivity index (χ2v) is 6.34. The lowest BCUT2D eigenvalue weighted by Gasteiger charge is -2.31. The Hall–Kier alpha value is -1.88. The van der Waals surface area contributed by atoms with E-state index in [9.17, 15) is 4.79 Å². The lowest BCUT2D eigenvalue weighted by molar-refractivity contribution is 0.0374. The van der Waals surface area contributed by atoms with Crippen LogP contribution < -0.4 is 0 Å². The molecule has 3 rings (SSSR count). The largest absolute Gasteiger partial charge is 0.462 e. The molecule has 1 fully saturated rings. The number of carbonyl (C=O) groups is 1. The Labute approximate surface area is 137 Å².